The van der Waals surface area contributed by atoms with Crippen molar-refractivity contribution >= 4 is 23.2 Å². The fourth-order valence-electron chi connectivity index (χ4n) is 3.75. The molecule has 1 aliphatic carbocycles. The molecule has 4 heteroatoms. The third-order valence-electron chi connectivity index (χ3n) is 4.86. The number of carbonyl (C=O) groups is 2. The Hall–Kier alpha value is -1.35. The maximum absolute atomic E-state index is 11.8. The van der Waals surface area contributed by atoms with E-state index in [2.05, 4.69) is 6.92 Å². The molecule has 0 bridgehead atoms. The number of ether oxygens (including phenoxy) is 1. The van der Waals surface area contributed by atoms with Crippen molar-refractivity contribution in [2.45, 2.75) is 64.9 Å². The van der Waals surface area contributed by atoms with E-state index >= 15 is 0 Å². The van der Waals surface area contributed by atoms with Crippen LogP contribution in [0.25, 0.3) is 0 Å². The van der Waals surface area contributed by atoms with Gasteiger partial charge in [0.25, 0.3) is 0 Å². The van der Waals surface area contributed by atoms with E-state index in [9.17, 15) is 9.59 Å². The van der Waals surface area contributed by atoms with Crippen LogP contribution in [-0.2, 0) is 16.0 Å². The van der Waals surface area contributed by atoms with Gasteiger partial charge in [-0.05, 0) is 50.3 Å². The predicted molar refractivity (Wildman–Crippen MR) is 85.9 cm³/mol. The Bertz CT molecular complexity index is 672. The van der Waals surface area contributed by atoms with Gasteiger partial charge in [-0.1, -0.05) is 11.6 Å². The Morgan fingerprint density at radius 1 is 1.09 bits per heavy atom. The highest BCUT2D eigenvalue weighted by Crippen LogP contribution is 2.49. The first kappa shape index (κ1) is 15.5. The van der Waals surface area contributed by atoms with Crippen LogP contribution in [0.15, 0.2) is 0 Å². The third-order valence-corrected chi connectivity index (χ3v) is 5.24. The van der Waals surface area contributed by atoms with Crippen LogP contribution < -0.4 is 4.74 Å². The topological polar surface area (TPSA) is 43.4 Å². The normalized spacial score (nSPS) is 21.0. The summed E-state index contributed by atoms with van der Waals surface area (Å²) in [6.45, 7) is 8.20. The number of hydrogen-bond acceptors (Lipinski definition) is 3. The summed E-state index contributed by atoms with van der Waals surface area (Å²) in [4.78, 5) is 23.6. The highest BCUT2D eigenvalue weighted by Gasteiger charge is 2.37. The second-order valence-electron chi connectivity index (χ2n) is 7.18. The number of benzene rings is 1. The van der Waals surface area contributed by atoms with Gasteiger partial charge in [-0.3, -0.25) is 9.59 Å². The van der Waals surface area contributed by atoms with Crippen molar-refractivity contribution in [2.24, 2.45) is 0 Å². The van der Waals surface area contributed by atoms with Crippen LogP contribution in [-0.4, -0.2) is 17.2 Å². The van der Waals surface area contributed by atoms with Gasteiger partial charge in [-0.15, -0.1) is 0 Å². The van der Waals surface area contributed by atoms with Gasteiger partial charge in [-0.25, -0.2) is 0 Å². The van der Waals surface area contributed by atoms with Crippen molar-refractivity contribution in [2.75, 3.05) is 0 Å². The van der Waals surface area contributed by atoms with Gasteiger partial charge in [-0.2, -0.15) is 0 Å². The highest BCUT2D eigenvalue weighted by molar-refractivity contribution is 6.33. The molecule has 3 rings (SSSR count). The standard InChI is InChI=1S/C18H21ClO3/c1-9-10(2)15(11-5-12(20)7-13(21)6-11)16(19)17-14(9)8-18(3,4)22-17/h11H,5-8H2,1-4H3. The average molecular weight is 321 g/mol. The molecule has 3 nitrogen and oxygen atoms in total. The zero-order valence-electron chi connectivity index (χ0n) is 13.5. The molecule has 1 aromatic rings. The lowest BCUT2D eigenvalue weighted by molar-refractivity contribution is -0.130. The molecule has 0 spiro atoms. The molecule has 1 fully saturated rings. The number of hydrogen-bond donors (Lipinski definition) is 0. The molecular weight excluding hydrogens is 300 g/mol. The van der Waals surface area contributed by atoms with Crippen molar-refractivity contribution in [3.05, 3.63) is 27.3 Å². The van der Waals surface area contributed by atoms with E-state index in [1.54, 1.807) is 0 Å². The Morgan fingerprint density at radius 3 is 2.27 bits per heavy atom. The fraction of sp³-hybridized carbons (Fsp3) is 0.556. The molecular formula is C18H21ClO3. The average Bonchev–Trinajstić information content (AvgIpc) is 2.72. The minimum atomic E-state index is -0.264. The van der Waals surface area contributed by atoms with Crippen LogP contribution in [0.1, 0.15) is 61.3 Å². The molecule has 0 atom stereocenters. The van der Waals surface area contributed by atoms with Gasteiger partial charge in [0, 0.05) is 24.8 Å². The molecule has 0 radical (unpaired) electrons. The Morgan fingerprint density at radius 2 is 1.68 bits per heavy atom. The zero-order valence-corrected chi connectivity index (χ0v) is 14.3. The molecule has 118 valence electrons. The summed E-state index contributed by atoms with van der Waals surface area (Å²) in [6.07, 6.45) is 1.69. The predicted octanol–water partition coefficient (Wildman–Crippen LogP) is 4.08. The highest BCUT2D eigenvalue weighted by atomic mass is 35.5. The Kier molecular flexibility index (Phi) is 3.59. The zero-order chi connectivity index (χ0) is 16.2. The quantitative estimate of drug-likeness (QED) is 0.732. The first-order valence-corrected chi connectivity index (χ1v) is 8.11. The lowest BCUT2D eigenvalue weighted by Crippen LogP contribution is -2.24. The molecule has 22 heavy (non-hydrogen) atoms. The van der Waals surface area contributed by atoms with Crippen molar-refractivity contribution in [3.63, 3.8) is 0 Å². The van der Waals surface area contributed by atoms with E-state index in [1.165, 1.54) is 5.56 Å². The van der Waals surface area contributed by atoms with E-state index in [0.29, 0.717) is 17.9 Å². The van der Waals surface area contributed by atoms with Crippen molar-refractivity contribution in [1.82, 2.24) is 0 Å². The van der Waals surface area contributed by atoms with Gasteiger partial charge >= 0.3 is 0 Å². The Labute approximate surface area is 136 Å². The fourth-order valence-corrected chi connectivity index (χ4v) is 4.20. The maximum Gasteiger partial charge on any atom is 0.142 e. The number of carbonyl (C=O) groups excluding carboxylic acids is 2. The monoisotopic (exact) mass is 320 g/mol. The van der Waals surface area contributed by atoms with Crippen LogP contribution in [0.3, 0.4) is 0 Å². The molecule has 1 aromatic carbocycles. The van der Waals surface area contributed by atoms with Crippen molar-refractivity contribution in [1.29, 1.82) is 0 Å². The summed E-state index contributed by atoms with van der Waals surface area (Å²) in [5.41, 5.74) is 4.09. The molecule has 2 aliphatic rings. The minimum Gasteiger partial charge on any atom is -0.486 e. The SMILES string of the molecule is Cc1c(C)c(C2CC(=O)CC(=O)C2)c(Cl)c2c1CC(C)(C)O2. The van der Waals surface area contributed by atoms with E-state index in [0.717, 1.165) is 28.9 Å². The second kappa shape index (κ2) is 5.09. The lowest BCUT2D eigenvalue weighted by atomic mass is 9.79. The lowest BCUT2D eigenvalue weighted by Gasteiger charge is -2.25. The molecule has 0 unspecified atom stereocenters. The number of ketones is 2. The first-order chi connectivity index (χ1) is 10.2. The molecule has 1 heterocycles. The smallest absolute Gasteiger partial charge is 0.142 e. The van der Waals surface area contributed by atoms with Crippen LogP contribution >= 0.6 is 11.6 Å². The van der Waals surface area contributed by atoms with Crippen LogP contribution in [0.4, 0.5) is 0 Å². The molecule has 0 saturated heterocycles. The molecule has 0 amide bonds. The minimum absolute atomic E-state index is 0.0103. The summed E-state index contributed by atoms with van der Waals surface area (Å²) in [6, 6.07) is 0. The first-order valence-electron chi connectivity index (χ1n) is 7.73. The molecule has 1 saturated carbocycles. The summed E-state index contributed by atoms with van der Waals surface area (Å²) in [7, 11) is 0. The van der Waals surface area contributed by atoms with Crippen molar-refractivity contribution < 1.29 is 14.3 Å². The molecule has 0 aromatic heterocycles. The summed E-state index contributed by atoms with van der Waals surface area (Å²) < 4.78 is 6.04. The van der Waals surface area contributed by atoms with E-state index in [-0.39, 0.29) is 29.5 Å². The summed E-state index contributed by atoms with van der Waals surface area (Å²) in [5, 5.41) is 0.594. The van der Waals surface area contributed by atoms with E-state index < -0.39 is 0 Å². The van der Waals surface area contributed by atoms with Crippen LogP contribution in [0.5, 0.6) is 5.75 Å². The number of Topliss-reactive ketones (excluding diaryl/α,β-unsaturated/α-hetero) is 2. The number of fused-ring (bicyclic) bond motifs is 1. The van der Waals surface area contributed by atoms with Gasteiger partial charge in [0.2, 0.25) is 0 Å². The summed E-state index contributed by atoms with van der Waals surface area (Å²) >= 11 is 6.64. The van der Waals surface area contributed by atoms with Crippen LogP contribution in [0.2, 0.25) is 5.02 Å². The number of rotatable bonds is 1. The van der Waals surface area contributed by atoms with Gasteiger partial charge in [0.1, 0.15) is 22.9 Å². The maximum atomic E-state index is 11.8. The Balaban J connectivity index is 2.12. The van der Waals surface area contributed by atoms with Gasteiger partial charge in [0.05, 0.1) is 11.4 Å². The van der Waals surface area contributed by atoms with Gasteiger partial charge in [0.15, 0.2) is 0 Å². The van der Waals surface area contributed by atoms with E-state index in [1.807, 2.05) is 20.8 Å². The molecule has 0 N–H and O–H groups in total. The summed E-state index contributed by atoms with van der Waals surface area (Å²) in [5.74, 6) is 0.653. The van der Waals surface area contributed by atoms with Crippen LogP contribution in [0, 0.1) is 13.8 Å². The number of halogens is 1. The van der Waals surface area contributed by atoms with E-state index in [4.69, 9.17) is 16.3 Å². The molecule has 1 aliphatic heterocycles. The van der Waals surface area contributed by atoms with Crippen molar-refractivity contribution in [3.8, 4) is 5.75 Å². The second-order valence-corrected chi connectivity index (χ2v) is 7.56. The van der Waals surface area contributed by atoms with Gasteiger partial charge < -0.3 is 4.74 Å². The largest absolute Gasteiger partial charge is 0.486 e. The third kappa shape index (κ3) is 2.45.